The quantitative estimate of drug-likeness (QED) is 0.862. The number of aryl methyl sites for hydroxylation is 1. The Morgan fingerprint density at radius 2 is 2.12 bits per heavy atom. The highest BCUT2D eigenvalue weighted by Crippen LogP contribution is 2.29. The van der Waals surface area contributed by atoms with Crippen LogP contribution in [-0.2, 0) is 10.0 Å². The lowest BCUT2D eigenvalue weighted by molar-refractivity contribution is 0.0697. The highest BCUT2D eigenvalue weighted by Gasteiger charge is 2.31. The van der Waals surface area contributed by atoms with Crippen LogP contribution in [0.5, 0.6) is 0 Å². The third kappa shape index (κ3) is 2.00. The van der Waals surface area contributed by atoms with Gasteiger partial charge >= 0.3 is 5.97 Å². The molecule has 0 saturated carbocycles. The average molecular weight is 255 g/mol. The number of carboxylic acids is 1. The van der Waals surface area contributed by atoms with Gasteiger partial charge in [-0.1, -0.05) is 12.1 Å². The lowest BCUT2D eigenvalue weighted by Gasteiger charge is -2.19. The minimum absolute atomic E-state index is 0.0676. The largest absolute Gasteiger partial charge is 0.478 e. The van der Waals surface area contributed by atoms with Gasteiger partial charge in [0.15, 0.2) is 0 Å². The number of benzene rings is 1. The molecule has 1 saturated heterocycles. The number of hydrogen-bond acceptors (Lipinski definition) is 3. The van der Waals surface area contributed by atoms with E-state index in [2.05, 4.69) is 0 Å². The van der Waals surface area contributed by atoms with Gasteiger partial charge in [-0.05, 0) is 25.0 Å². The number of carboxylic acid groups (broad SMARTS) is 1. The molecule has 1 aromatic rings. The van der Waals surface area contributed by atoms with Crippen LogP contribution in [0, 0.1) is 6.92 Å². The summed E-state index contributed by atoms with van der Waals surface area (Å²) in [4.78, 5) is 11.2. The molecular weight excluding hydrogens is 242 g/mol. The van der Waals surface area contributed by atoms with Crippen LogP contribution in [0.3, 0.4) is 0 Å². The van der Waals surface area contributed by atoms with E-state index in [-0.39, 0.29) is 17.0 Å². The summed E-state index contributed by atoms with van der Waals surface area (Å²) in [5.74, 6) is -1.01. The van der Waals surface area contributed by atoms with E-state index in [1.807, 2.05) is 0 Å². The summed E-state index contributed by atoms with van der Waals surface area (Å²) in [6.07, 6.45) is 0.537. The first-order valence-electron chi connectivity index (χ1n) is 5.27. The molecule has 0 atom stereocenters. The molecule has 0 spiro atoms. The fourth-order valence-electron chi connectivity index (χ4n) is 2.05. The second kappa shape index (κ2) is 4.03. The molecule has 2 rings (SSSR count). The molecule has 0 bridgehead atoms. The summed E-state index contributed by atoms with van der Waals surface area (Å²) in [7, 11) is -3.34. The van der Waals surface area contributed by atoms with Crippen molar-refractivity contribution >= 4 is 21.7 Å². The third-order valence-electron chi connectivity index (χ3n) is 2.83. The molecule has 0 radical (unpaired) electrons. The summed E-state index contributed by atoms with van der Waals surface area (Å²) >= 11 is 0. The van der Waals surface area contributed by atoms with Crippen LogP contribution in [-0.4, -0.2) is 31.8 Å². The van der Waals surface area contributed by atoms with Gasteiger partial charge in [-0.25, -0.2) is 13.2 Å². The van der Waals surface area contributed by atoms with Crippen LogP contribution < -0.4 is 4.31 Å². The lowest BCUT2D eigenvalue weighted by atomic mass is 10.1. The molecule has 0 amide bonds. The molecule has 5 nitrogen and oxygen atoms in total. The van der Waals surface area contributed by atoms with E-state index in [1.165, 1.54) is 4.31 Å². The highest BCUT2D eigenvalue weighted by atomic mass is 32.2. The maximum atomic E-state index is 11.8. The Kier molecular flexibility index (Phi) is 2.82. The Morgan fingerprint density at radius 3 is 2.65 bits per heavy atom. The minimum atomic E-state index is -3.34. The monoisotopic (exact) mass is 255 g/mol. The molecule has 1 heterocycles. The van der Waals surface area contributed by atoms with Crippen molar-refractivity contribution in [2.24, 2.45) is 0 Å². The SMILES string of the molecule is Cc1cccc(N2CCCS2(=O)=O)c1C(=O)O. The van der Waals surface area contributed by atoms with Crippen molar-refractivity contribution < 1.29 is 18.3 Å². The summed E-state index contributed by atoms with van der Waals surface area (Å²) in [6, 6.07) is 4.87. The Hall–Kier alpha value is -1.56. The Labute approximate surface area is 99.7 Å². The van der Waals surface area contributed by atoms with Gasteiger partial charge in [0.05, 0.1) is 17.0 Å². The number of nitrogens with zero attached hydrogens (tertiary/aromatic N) is 1. The van der Waals surface area contributed by atoms with E-state index < -0.39 is 16.0 Å². The zero-order valence-corrected chi connectivity index (χ0v) is 10.2. The number of hydrogen-bond donors (Lipinski definition) is 1. The molecule has 1 aromatic carbocycles. The fraction of sp³-hybridized carbons (Fsp3) is 0.364. The van der Waals surface area contributed by atoms with Crippen molar-refractivity contribution in [2.75, 3.05) is 16.6 Å². The topological polar surface area (TPSA) is 74.7 Å². The molecule has 92 valence electrons. The Morgan fingerprint density at radius 1 is 1.41 bits per heavy atom. The van der Waals surface area contributed by atoms with Gasteiger partial charge in [-0.2, -0.15) is 0 Å². The van der Waals surface area contributed by atoms with E-state index in [9.17, 15) is 13.2 Å². The predicted molar refractivity (Wildman–Crippen MR) is 63.9 cm³/mol. The fourth-order valence-corrected chi connectivity index (χ4v) is 3.62. The van der Waals surface area contributed by atoms with E-state index in [1.54, 1.807) is 25.1 Å². The van der Waals surface area contributed by atoms with Crippen LogP contribution in [0.15, 0.2) is 18.2 Å². The molecule has 0 aliphatic carbocycles. The molecule has 0 unspecified atom stereocenters. The van der Waals surface area contributed by atoms with Crippen LogP contribution in [0.25, 0.3) is 0 Å². The second-order valence-corrected chi connectivity index (χ2v) is 6.03. The van der Waals surface area contributed by atoms with Gasteiger partial charge in [0.1, 0.15) is 0 Å². The smallest absolute Gasteiger partial charge is 0.338 e. The van der Waals surface area contributed by atoms with Gasteiger partial charge in [-0.15, -0.1) is 0 Å². The number of anilines is 1. The molecule has 1 aliphatic heterocycles. The first-order chi connectivity index (χ1) is 7.93. The van der Waals surface area contributed by atoms with Gasteiger partial charge in [-0.3, -0.25) is 4.31 Å². The van der Waals surface area contributed by atoms with Gasteiger partial charge in [0.25, 0.3) is 0 Å². The van der Waals surface area contributed by atoms with Crippen molar-refractivity contribution in [2.45, 2.75) is 13.3 Å². The summed E-state index contributed by atoms with van der Waals surface area (Å²) in [5, 5.41) is 9.16. The number of rotatable bonds is 2. The van der Waals surface area contributed by atoms with Crippen molar-refractivity contribution in [3.05, 3.63) is 29.3 Å². The molecule has 1 aliphatic rings. The standard InChI is InChI=1S/C11H13NO4S/c1-8-4-2-5-9(10(8)11(13)14)12-6-3-7-17(12,15)16/h2,4-5H,3,6-7H2,1H3,(H,13,14). The van der Waals surface area contributed by atoms with Crippen LogP contribution in [0.4, 0.5) is 5.69 Å². The molecule has 1 N–H and O–H groups in total. The Balaban J connectivity index is 2.60. The molecular formula is C11H13NO4S. The van der Waals surface area contributed by atoms with Crippen LogP contribution in [0.2, 0.25) is 0 Å². The van der Waals surface area contributed by atoms with Crippen molar-refractivity contribution in [1.82, 2.24) is 0 Å². The maximum absolute atomic E-state index is 11.8. The second-order valence-electron chi connectivity index (χ2n) is 4.02. The Bertz CT molecular complexity index is 565. The van der Waals surface area contributed by atoms with E-state index >= 15 is 0 Å². The van der Waals surface area contributed by atoms with Crippen molar-refractivity contribution in [3.8, 4) is 0 Å². The minimum Gasteiger partial charge on any atom is -0.478 e. The number of carbonyl (C=O) groups is 1. The third-order valence-corrected chi connectivity index (χ3v) is 4.69. The zero-order valence-electron chi connectivity index (χ0n) is 9.38. The van der Waals surface area contributed by atoms with E-state index in [0.29, 0.717) is 18.5 Å². The lowest BCUT2D eigenvalue weighted by Crippen LogP contribution is -2.27. The first kappa shape index (κ1) is 11.9. The van der Waals surface area contributed by atoms with Crippen LogP contribution >= 0.6 is 0 Å². The summed E-state index contributed by atoms with van der Waals surface area (Å²) < 4.78 is 24.8. The zero-order chi connectivity index (χ0) is 12.6. The van der Waals surface area contributed by atoms with E-state index in [0.717, 1.165) is 0 Å². The maximum Gasteiger partial charge on any atom is 0.338 e. The summed E-state index contributed by atoms with van der Waals surface area (Å²) in [5.41, 5.74) is 0.907. The molecule has 17 heavy (non-hydrogen) atoms. The average Bonchev–Trinajstić information content (AvgIpc) is 2.57. The highest BCUT2D eigenvalue weighted by molar-refractivity contribution is 7.93. The number of sulfonamides is 1. The first-order valence-corrected chi connectivity index (χ1v) is 6.88. The van der Waals surface area contributed by atoms with Crippen molar-refractivity contribution in [3.63, 3.8) is 0 Å². The van der Waals surface area contributed by atoms with Gasteiger partial charge < -0.3 is 5.11 Å². The normalized spacial score (nSPS) is 18.3. The van der Waals surface area contributed by atoms with Crippen LogP contribution in [0.1, 0.15) is 22.3 Å². The van der Waals surface area contributed by atoms with E-state index in [4.69, 9.17) is 5.11 Å². The molecule has 6 heteroatoms. The predicted octanol–water partition coefficient (Wildman–Crippen LogP) is 1.23. The summed E-state index contributed by atoms with van der Waals surface area (Å²) in [6.45, 7) is 2.02. The molecule has 1 fully saturated rings. The molecule has 0 aromatic heterocycles. The van der Waals surface area contributed by atoms with Gasteiger partial charge in [0, 0.05) is 6.54 Å². The van der Waals surface area contributed by atoms with Crippen molar-refractivity contribution in [1.29, 1.82) is 0 Å². The number of aromatic carboxylic acids is 1. The van der Waals surface area contributed by atoms with Gasteiger partial charge in [0.2, 0.25) is 10.0 Å².